The molecule has 2 aromatic carbocycles. The second kappa shape index (κ2) is 5.21. The maximum Gasteiger partial charge on any atom is 0.0580 e. The van der Waals surface area contributed by atoms with E-state index in [4.69, 9.17) is 0 Å². The van der Waals surface area contributed by atoms with Gasteiger partial charge in [-0.1, -0.05) is 48.5 Å². The van der Waals surface area contributed by atoms with Gasteiger partial charge in [0.15, 0.2) is 0 Å². The fourth-order valence-electron chi connectivity index (χ4n) is 2.54. The normalized spacial score (nSPS) is 12.5. The van der Waals surface area contributed by atoms with Crippen molar-refractivity contribution in [1.29, 1.82) is 0 Å². The molecule has 1 atom stereocenters. The topological polar surface area (TPSA) is 24.9 Å². The summed E-state index contributed by atoms with van der Waals surface area (Å²) in [4.78, 5) is 4.26. The Labute approximate surface area is 113 Å². The molecule has 0 amide bonds. The summed E-state index contributed by atoms with van der Waals surface area (Å²) in [5, 5.41) is 5.83. The lowest BCUT2D eigenvalue weighted by molar-refractivity contribution is 0.697. The van der Waals surface area contributed by atoms with Crippen LogP contribution in [0.5, 0.6) is 0 Å². The van der Waals surface area contributed by atoms with Crippen molar-refractivity contribution in [3.63, 3.8) is 0 Å². The van der Waals surface area contributed by atoms with Gasteiger partial charge in [-0.05, 0) is 29.6 Å². The van der Waals surface area contributed by atoms with Gasteiger partial charge in [-0.3, -0.25) is 4.98 Å². The summed E-state index contributed by atoms with van der Waals surface area (Å²) in [5.41, 5.74) is 2.53. The van der Waals surface area contributed by atoms with Crippen LogP contribution in [0.25, 0.3) is 10.8 Å². The van der Waals surface area contributed by atoms with E-state index >= 15 is 0 Å². The number of pyridine rings is 1. The minimum absolute atomic E-state index is 0.189. The summed E-state index contributed by atoms with van der Waals surface area (Å²) >= 11 is 0. The first kappa shape index (κ1) is 11.9. The molecule has 0 aliphatic rings. The molecule has 0 bridgehead atoms. The number of hydrogen-bond donors (Lipinski definition) is 1. The summed E-state index contributed by atoms with van der Waals surface area (Å²) in [5.74, 6) is 0. The van der Waals surface area contributed by atoms with Crippen LogP contribution in [0.15, 0.2) is 67.0 Å². The van der Waals surface area contributed by atoms with Crippen molar-refractivity contribution >= 4 is 10.8 Å². The maximum absolute atomic E-state index is 4.26. The van der Waals surface area contributed by atoms with E-state index in [0.717, 1.165) is 0 Å². The number of fused-ring (bicyclic) bond motifs is 1. The molecule has 1 heterocycles. The molecule has 0 fully saturated rings. The Hall–Kier alpha value is -2.19. The van der Waals surface area contributed by atoms with Crippen molar-refractivity contribution in [2.75, 3.05) is 7.05 Å². The molecule has 0 spiro atoms. The Morgan fingerprint density at radius 1 is 0.947 bits per heavy atom. The van der Waals surface area contributed by atoms with Gasteiger partial charge in [-0.15, -0.1) is 0 Å². The molecule has 19 heavy (non-hydrogen) atoms. The van der Waals surface area contributed by atoms with Crippen LogP contribution in [0.4, 0.5) is 0 Å². The molecule has 2 nitrogen and oxygen atoms in total. The highest BCUT2D eigenvalue weighted by Gasteiger charge is 2.14. The molecular weight excluding hydrogens is 232 g/mol. The first-order chi connectivity index (χ1) is 9.40. The lowest BCUT2D eigenvalue weighted by Gasteiger charge is -2.19. The molecule has 0 aliphatic heterocycles. The SMILES string of the molecule is CNC(c1ccccc1)c1cccc2ccncc12. The zero-order chi connectivity index (χ0) is 13.1. The molecule has 94 valence electrons. The number of benzene rings is 2. The molecular formula is C17H16N2. The summed E-state index contributed by atoms with van der Waals surface area (Å²) in [6.07, 6.45) is 3.78. The highest BCUT2D eigenvalue weighted by atomic mass is 14.9. The van der Waals surface area contributed by atoms with Gasteiger partial charge in [0.2, 0.25) is 0 Å². The van der Waals surface area contributed by atoms with Crippen LogP contribution in [0.1, 0.15) is 17.2 Å². The van der Waals surface area contributed by atoms with Crippen molar-refractivity contribution < 1.29 is 0 Å². The van der Waals surface area contributed by atoms with Gasteiger partial charge in [-0.25, -0.2) is 0 Å². The van der Waals surface area contributed by atoms with E-state index in [9.17, 15) is 0 Å². The zero-order valence-electron chi connectivity index (χ0n) is 10.9. The Kier molecular flexibility index (Phi) is 3.25. The van der Waals surface area contributed by atoms with Gasteiger partial charge in [0.1, 0.15) is 0 Å². The maximum atomic E-state index is 4.26. The molecule has 0 aliphatic carbocycles. The van der Waals surface area contributed by atoms with Crippen LogP contribution in [0.3, 0.4) is 0 Å². The first-order valence-corrected chi connectivity index (χ1v) is 6.45. The third-order valence-corrected chi connectivity index (χ3v) is 3.45. The summed E-state index contributed by atoms with van der Waals surface area (Å²) in [6.45, 7) is 0. The van der Waals surface area contributed by atoms with E-state index in [-0.39, 0.29) is 6.04 Å². The fourth-order valence-corrected chi connectivity index (χ4v) is 2.54. The number of rotatable bonds is 3. The first-order valence-electron chi connectivity index (χ1n) is 6.45. The van der Waals surface area contributed by atoms with Crippen molar-refractivity contribution in [2.45, 2.75) is 6.04 Å². The molecule has 0 saturated carbocycles. The van der Waals surface area contributed by atoms with Crippen LogP contribution in [0, 0.1) is 0 Å². The Balaban J connectivity index is 2.17. The van der Waals surface area contributed by atoms with Crippen LogP contribution >= 0.6 is 0 Å². The molecule has 1 unspecified atom stereocenters. The Morgan fingerprint density at radius 2 is 1.79 bits per heavy atom. The molecule has 2 heteroatoms. The smallest absolute Gasteiger partial charge is 0.0580 e. The summed E-state index contributed by atoms with van der Waals surface area (Å²) in [7, 11) is 1.99. The van der Waals surface area contributed by atoms with Crippen molar-refractivity contribution in [2.24, 2.45) is 0 Å². The molecule has 3 rings (SSSR count). The van der Waals surface area contributed by atoms with Gasteiger partial charge in [-0.2, -0.15) is 0 Å². The highest BCUT2D eigenvalue weighted by Crippen LogP contribution is 2.27. The molecule has 1 N–H and O–H groups in total. The summed E-state index contributed by atoms with van der Waals surface area (Å²) in [6, 6.07) is 19.1. The van der Waals surface area contributed by atoms with Crippen LogP contribution in [-0.4, -0.2) is 12.0 Å². The molecule has 0 saturated heterocycles. The summed E-state index contributed by atoms with van der Waals surface area (Å²) < 4.78 is 0. The van der Waals surface area contributed by atoms with Crippen LogP contribution in [-0.2, 0) is 0 Å². The van der Waals surface area contributed by atoms with Gasteiger partial charge < -0.3 is 5.32 Å². The van der Waals surface area contributed by atoms with Crippen LogP contribution in [0.2, 0.25) is 0 Å². The third-order valence-electron chi connectivity index (χ3n) is 3.45. The molecule has 1 aromatic heterocycles. The van der Waals surface area contributed by atoms with Crippen molar-refractivity contribution in [1.82, 2.24) is 10.3 Å². The van der Waals surface area contributed by atoms with Gasteiger partial charge in [0.05, 0.1) is 6.04 Å². The highest BCUT2D eigenvalue weighted by molar-refractivity contribution is 5.85. The Morgan fingerprint density at radius 3 is 2.58 bits per heavy atom. The predicted molar refractivity (Wildman–Crippen MR) is 79.1 cm³/mol. The van der Waals surface area contributed by atoms with Gasteiger partial charge in [0.25, 0.3) is 0 Å². The lowest BCUT2D eigenvalue weighted by atomic mass is 9.95. The number of nitrogens with one attached hydrogen (secondary N) is 1. The zero-order valence-corrected chi connectivity index (χ0v) is 10.9. The van der Waals surface area contributed by atoms with Crippen LogP contribution < -0.4 is 5.32 Å². The van der Waals surface area contributed by atoms with Gasteiger partial charge >= 0.3 is 0 Å². The van der Waals surface area contributed by atoms with Crippen molar-refractivity contribution in [3.05, 3.63) is 78.1 Å². The van der Waals surface area contributed by atoms with Crippen molar-refractivity contribution in [3.8, 4) is 0 Å². The second-order valence-electron chi connectivity index (χ2n) is 4.58. The minimum Gasteiger partial charge on any atom is -0.309 e. The van der Waals surface area contributed by atoms with Gasteiger partial charge in [0, 0.05) is 17.8 Å². The Bertz CT molecular complexity index is 672. The van der Waals surface area contributed by atoms with E-state index < -0.39 is 0 Å². The third kappa shape index (κ3) is 2.23. The lowest BCUT2D eigenvalue weighted by Crippen LogP contribution is -2.17. The average Bonchev–Trinajstić information content (AvgIpc) is 2.49. The minimum atomic E-state index is 0.189. The standard InChI is InChI=1S/C17H16N2/c1-18-17(14-6-3-2-4-7-14)15-9-5-8-13-10-11-19-12-16(13)15/h2-12,17-18H,1H3. The number of aromatic nitrogens is 1. The largest absolute Gasteiger partial charge is 0.309 e. The van der Waals surface area contributed by atoms with E-state index in [0.29, 0.717) is 0 Å². The second-order valence-corrected chi connectivity index (χ2v) is 4.58. The fraction of sp³-hybridized carbons (Fsp3) is 0.118. The van der Waals surface area contributed by atoms with E-state index in [2.05, 4.69) is 58.8 Å². The van der Waals surface area contributed by atoms with E-state index in [1.54, 1.807) is 0 Å². The quantitative estimate of drug-likeness (QED) is 0.766. The molecule has 0 radical (unpaired) electrons. The predicted octanol–water partition coefficient (Wildman–Crippen LogP) is 3.54. The van der Waals surface area contributed by atoms with E-state index in [1.165, 1.54) is 21.9 Å². The number of hydrogen-bond acceptors (Lipinski definition) is 2. The monoisotopic (exact) mass is 248 g/mol. The number of nitrogens with zero attached hydrogens (tertiary/aromatic N) is 1. The average molecular weight is 248 g/mol. The molecule has 3 aromatic rings. The van der Waals surface area contributed by atoms with E-state index in [1.807, 2.05) is 25.5 Å².